The Morgan fingerprint density at radius 1 is 1.00 bits per heavy atom. The second-order valence-corrected chi connectivity index (χ2v) is 5.55. The Balaban J connectivity index is 2.76. The van der Waals surface area contributed by atoms with Crippen molar-refractivity contribution >= 4 is 7.85 Å². The fraction of sp³-hybridized carbons (Fsp3) is 1.00. The van der Waals surface area contributed by atoms with E-state index in [0.29, 0.717) is 10.8 Å². The van der Waals surface area contributed by atoms with Crippen LogP contribution >= 0.6 is 0 Å². The van der Waals surface area contributed by atoms with Gasteiger partial charge < -0.3 is 0 Å². The molecule has 1 aliphatic carbocycles. The molecule has 0 amide bonds. The predicted molar refractivity (Wildman–Crippen MR) is 53.7 cm³/mol. The van der Waals surface area contributed by atoms with Gasteiger partial charge in [-0.25, -0.2) is 0 Å². The molecule has 1 heteroatoms. The summed E-state index contributed by atoms with van der Waals surface area (Å²) in [6.07, 6.45) is 4.25. The Kier molecular flexibility index (Phi) is 2.11. The van der Waals surface area contributed by atoms with E-state index in [0.717, 1.165) is 5.82 Å². The summed E-state index contributed by atoms with van der Waals surface area (Å²) < 4.78 is 0. The summed E-state index contributed by atoms with van der Waals surface area (Å²) in [7, 11) is 2.42. The smallest absolute Gasteiger partial charge is 0.0603 e. The third-order valence-electron chi connectivity index (χ3n) is 3.99. The van der Waals surface area contributed by atoms with Gasteiger partial charge in [-0.1, -0.05) is 39.9 Å². The quantitative estimate of drug-likeness (QED) is 0.468. The van der Waals surface area contributed by atoms with E-state index in [1.165, 1.54) is 19.3 Å². The summed E-state index contributed by atoms with van der Waals surface area (Å²) in [6, 6.07) is 0. The van der Waals surface area contributed by atoms with Gasteiger partial charge in [0.2, 0.25) is 0 Å². The zero-order valence-corrected chi connectivity index (χ0v) is 8.70. The molecule has 1 aliphatic rings. The molecule has 0 spiro atoms. The highest BCUT2D eigenvalue weighted by molar-refractivity contribution is 6.12. The summed E-state index contributed by atoms with van der Waals surface area (Å²) in [5.41, 5.74) is 1.14. The van der Waals surface area contributed by atoms with Crippen LogP contribution in [0.2, 0.25) is 5.82 Å². The predicted octanol–water partition coefficient (Wildman–Crippen LogP) is 2.64. The Bertz CT molecular complexity index is 131. The van der Waals surface area contributed by atoms with E-state index in [2.05, 4.69) is 35.5 Å². The first-order valence-corrected chi connectivity index (χ1v) is 4.86. The van der Waals surface area contributed by atoms with Gasteiger partial charge in [0.25, 0.3) is 0 Å². The minimum atomic E-state index is 0.571. The molecule has 0 saturated heterocycles. The van der Waals surface area contributed by atoms with Crippen LogP contribution in [0.15, 0.2) is 0 Å². The molecule has 0 atom stereocenters. The molecule has 64 valence electrons. The van der Waals surface area contributed by atoms with E-state index < -0.39 is 0 Å². The van der Waals surface area contributed by atoms with Gasteiger partial charge in [-0.2, -0.15) is 0 Å². The summed E-state index contributed by atoms with van der Waals surface area (Å²) in [6.45, 7) is 9.66. The summed E-state index contributed by atoms with van der Waals surface area (Å²) >= 11 is 0. The highest BCUT2D eigenvalue weighted by atomic mass is 14.4. The monoisotopic (exact) mass is 152 g/mol. The van der Waals surface area contributed by atoms with Crippen LogP contribution in [-0.2, 0) is 0 Å². The Hall–Kier alpha value is 0.0649. The largest absolute Gasteiger partial charge is 0.106 e. The lowest BCUT2D eigenvalue weighted by atomic mass is 9.50. The first kappa shape index (κ1) is 9.16. The van der Waals surface area contributed by atoms with Crippen LogP contribution in [0.3, 0.4) is 0 Å². The van der Waals surface area contributed by atoms with E-state index in [9.17, 15) is 0 Å². The molecule has 0 aromatic heterocycles. The normalized spacial score (nSPS) is 30.2. The van der Waals surface area contributed by atoms with Crippen LogP contribution in [0.1, 0.15) is 47.0 Å². The maximum absolute atomic E-state index is 2.42. The SMILES string of the molecule is BC1C(C)(C)CCCC1(C)C. The number of rotatable bonds is 0. The summed E-state index contributed by atoms with van der Waals surface area (Å²) in [5.74, 6) is 0.865. The molecular weight excluding hydrogens is 131 g/mol. The standard InChI is InChI=1S/C10H21B/c1-9(2)6-5-7-10(3,4)8(9)11/h8H,5-7,11H2,1-4H3. The maximum Gasteiger partial charge on any atom is 0.106 e. The molecule has 1 fully saturated rings. The average Bonchev–Trinajstić information content (AvgIpc) is 1.82. The van der Waals surface area contributed by atoms with Crippen molar-refractivity contribution < 1.29 is 0 Å². The van der Waals surface area contributed by atoms with E-state index in [1.54, 1.807) is 0 Å². The van der Waals surface area contributed by atoms with Gasteiger partial charge in [0.05, 0.1) is 0 Å². The Labute approximate surface area is 72.2 Å². The van der Waals surface area contributed by atoms with Crippen LogP contribution in [0.25, 0.3) is 0 Å². The molecule has 1 saturated carbocycles. The fourth-order valence-electron chi connectivity index (χ4n) is 2.49. The van der Waals surface area contributed by atoms with E-state index >= 15 is 0 Å². The van der Waals surface area contributed by atoms with Crippen molar-refractivity contribution in [2.45, 2.75) is 52.8 Å². The van der Waals surface area contributed by atoms with Crippen LogP contribution in [0.4, 0.5) is 0 Å². The van der Waals surface area contributed by atoms with Gasteiger partial charge in [-0.15, -0.1) is 0 Å². The molecule has 1 rings (SSSR count). The summed E-state index contributed by atoms with van der Waals surface area (Å²) in [5, 5.41) is 0. The Morgan fingerprint density at radius 2 is 1.36 bits per heavy atom. The first-order chi connectivity index (χ1) is 4.86. The minimum Gasteiger partial charge on any atom is -0.0603 e. The third-order valence-corrected chi connectivity index (χ3v) is 3.99. The van der Waals surface area contributed by atoms with Gasteiger partial charge in [0, 0.05) is 0 Å². The lowest BCUT2D eigenvalue weighted by molar-refractivity contribution is 0.118. The highest BCUT2D eigenvalue weighted by Crippen LogP contribution is 2.52. The van der Waals surface area contributed by atoms with E-state index in [4.69, 9.17) is 0 Å². The van der Waals surface area contributed by atoms with Gasteiger partial charge >= 0.3 is 0 Å². The molecule has 11 heavy (non-hydrogen) atoms. The van der Waals surface area contributed by atoms with E-state index in [-0.39, 0.29) is 0 Å². The van der Waals surface area contributed by atoms with Gasteiger partial charge in [0.15, 0.2) is 0 Å². The van der Waals surface area contributed by atoms with Crippen molar-refractivity contribution in [1.29, 1.82) is 0 Å². The lowest BCUT2D eigenvalue weighted by Gasteiger charge is -2.47. The molecule has 0 unspecified atom stereocenters. The lowest BCUT2D eigenvalue weighted by Crippen LogP contribution is -2.35. The average molecular weight is 152 g/mol. The molecule has 0 aromatic rings. The van der Waals surface area contributed by atoms with Crippen molar-refractivity contribution in [2.24, 2.45) is 10.8 Å². The van der Waals surface area contributed by atoms with Crippen molar-refractivity contribution in [3.05, 3.63) is 0 Å². The molecule has 0 aromatic carbocycles. The Morgan fingerprint density at radius 3 is 1.64 bits per heavy atom. The van der Waals surface area contributed by atoms with E-state index in [1.807, 2.05) is 0 Å². The molecule has 0 nitrogen and oxygen atoms in total. The van der Waals surface area contributed by atoms with Crippen molar-refractivity contribution in [1.82, 2.24) is 0 Å². The third kappa shape index (κ3) is 1.63. The number of hydrogen-bond donors (Lipinski definition) is 0. The highest BCUT2D eigenvalue weighted by Gasteiger charge is 2.40. The van der Waals surface area contributed by atoms with Crippen LogP contribution in [-0.4, -0.2) is 7.85 Å². The molecule has 0 bridgehead atoms. The zero-order valence-electron chi connectivity index (χ0n) is 8.70. The van der Waals surface area contributed by atoms with Gasteiger partial charge in [0.1, 0.15) is 7.85 Å². The molecule has 0 aliphatic heterocycles. The van der Waals surface area contributed by atoms with Crippen molar-refractivity contribution in [3.63, 3.8) is 0 Å². The maximum atomic E-state index is 2.42. The summed E-state index contributed by atoms with van der Waals surface area (Å²) in [4.78, 5) is 0. The van der Waals surface area contributed by atoms with Crippen molar-refractivity contribution in [3.8, 4) is 0 Å². The van der Waals surface area contributed by atoms with Gasteiger partial charge in [-0.05, 0) is 23.7 Å². The molecule has 0 N–H and O–H groups in total. The minimum absolute atomic E-state index is 0.571. The zero-order chi connectivity index (χ0) is 8.70. The fourth-order valence-corrected chi connectivity index (χ4v) is 2.49. The van der Waals surface area contributed by atoms with Gasteiger partial charge in [-0.3, -0.25) is 0 Å². The topological polar surface area (TPSA) is 0 Å². The van der Waals surface area contributed by atoms with Crippen LogP contribution in [0.5, 0.6) is 0 Å². The van der Waals surface area contributed by atoms with Crippen molar-refractivity contribution in [2.75, 3.05) is 0 Å². The van der Waals surface area contributed by atoms with Crippen LogP contribution in [0, 0.1) is 10.8 Å². The molecule has 0 heterocycles. The second-order valence-electron chi connectivity index (χ2n) is 5.55. The molecule has 0 radical (unpaired) electrons. The van der Waals surface area contributed by atoms with Crippen LogP contribution < -0.4 is 0 Å². The molecular formula is C10H21B. The number of hydrogen-bond acceptors (Lipinski definition) is 0. The first-order valence-electron chi connectivity index (χ1n) is 4.86. The second kappa shape index (κ2) is 2.53.